The smallest absolute Gasteiger partial charge is 0.494 e. The Morgan fingerprint density at radius 2 is 1.39 bits per heavy atom. The molecule has 0 amide bonds. The van der Waals surface area contributed by atoms with Crippen LogP contribution in [0.4, 0.5) is 0 Å². The fraction of sp³-hybridized carbons (Fsp3) is 0.640. The molecule has 1 aliphatic carbocycles. The molecule has 1 aliphatic rings. The SMILES string of the molecule is CCCCC1CCC(c2ccc(OCCC[Si](OC(C)=O)(OC(C)=O)OC(C)=O)cc2)CC1. The van der Waals surface area contributed by atoms with Crippen molar-refractivity contribution in [3.8, 4) is 5.75 Å². The molecule has 0 atom stereocenters. The molecule has 0 bridgehead atoms. The van der Waals surface area contributed by atoms with Crippen LogP contribution in [-0.4, -0.2) is 33.3 Å². The van der Waals surface area contributed by atoms with Crippen molar-refractivity contribution in [2.75, 3.05) is 6.61 Å². The third-order valence-corrected chi connectivity index (χ3v) is 8.72. The second kappa shape index (κ2) is 13.4. The van der Waals surface area contributed by atoms with Crippen LogP contribution < -0.4 is 4.74 Å². The van der Waals surface area contributed by atoms with E-state index in [1.165, 1.54) is 71.3 Å². The van der Waals surface area contributed by atoms with Gasteiger partial charge in [0.1, 0.15) is 5.75 Å². The molecular weight excluding hydrogens is 440 g/mol. The number of carbonyl (C=O) groups excluding carboxylic acids is 3. The summed E-state index contributed by atoms with van der Waals surface area (Å²) >= 11 is 0. The van der Waals surface area contributed by atoms with Gasteiger partial charge in [-0.2, -0.15) is 0 Å². The van der Waals surface area contributed by atoms with Gasteiger partial charge in [-0.05, 0) is 61.6 Å². The molecule has 33 heavy (non-hydrogen) atoms. The van der Waals surface area contributed by atoms with Crippen LogP contribution in [0.2, 0.25) is 6.04 Å². The van der Waals surface area contributed by atoms with Crippen LogP contribution in [0.15, 0.2) is 24.3 Å². The first kappa shape index (κ1) is 26.9. The van der Waals surface area contributed by atoms with Crippen molar-refractivity contribution in [3.63, 3.8) is 0 Å². The quantitative estimate of drug-likeness (QED) is 0.287. The molecule has 0 unspecified atom stereocenters. The number of benzene rings is 1. The van der Waals surface area contributed by atoms with Gasteiger partial charge in [-0.3, -0.25) is 14.4 Å². The minimum absolute atomic E-state index is 0.102. The summed E-state index contributed by atoms with van der Waals surface area (Å²) in [5.74, 6) is 0.264. The summed E-state index contributed by atoms with van der Waals surface area (Å²) in [6.45, 7) is 6.12. The average molecular weight is 479 g/mol. The molecule has 1 fully saturated rings. The largest absolute Gasteiger partial charge is 0.705 e. The molecule has 7 nitrogen and oxygen atoms in total. The fourth-order valence-corrected chi connectivity index (χ4v) is 6.79. The summed E-state index contributed by atoms with van der Waals surface area (Å²) in [5.41, 5.74) is 1.36. The number of hydrogen-bond acceptors (Lipinski definition) is 7. The lowest BCUT2D eigenvalue weighted by Gasteiger charge is -2.29. The minimum Gasteiger partial charge on any atom is -0.494 e. The summed E-state index contributed by atoms with van der Waals surface area (Å²) in [7, 11) is -3.80. The zero-order valence-electron chi connectivity index (χ0n) is 20.4. The molecule has 1 saturated carbocycles. The van der Waals surface area contributed by atoms with E-state index in [2.05, 4.69) is 19.1 Å². The molecule has 0 aliphatic heterocycles. The highest BCUT2D eigenvalue weighted by Crippen LogP contribution is 2.38. The Bertz CT molecular complexity index is 729. The lowest BCUT2D eigenvalue weighted by molar-refractivity contribution is -0.147. The molecule has 0 aromatic heterocycles. The van der Waals surface area contributed by atoms with Gasteiger partial charge in [-0.25, -0.2) is 0 Å². The van der Waals surface area contributed by atoms with E-state index in [1.807, 2.05) is 12.1 Å². The van der Waals surface area contributed by atoms with Crippen molar-refractivity contribution < 1.29 is 32.4 Å². The Morgan fingerprint density at radius 3 is 1.88 bits per heavy atom. The van der Waals surface area contributed by atoms with E-state index in [4.69, 9.17) is 18.0 Å². The molecule has 2 rings (SSSR count). The van der Waals surface area contributed by atoms with Crippen molar-refractivity contribution in [3.05, 3.63) is 29.8 Å². The fourth-order valence-electron chi connectivity index (χ4n) is 4.46. The first-order chi connectivity index (χ1) is 15.7. The number of rotatable bonds is 12. The Labute approximate surface area is 198 Å². The Hall–Kier alpha value is -2.35. The first-order valence-electron chi connectivity index (χ1n) is 12.0. The van der Waals surface area contributed by atoms with Crippen LogP contribution in [0, 0.1) is 5.92 Å². The summed E-state index contributed by atoms with van der Waals surface area (Å²) in [6.07, 6.45) is 9.53. The van der Waals surface area contributed by atoms with Crippen LogP contribution >= 0.6 is 0 Å². The van der Waals surface area contributed by atoms with Crippen LogP contribution in [0.25, 0.3) is 0 Å². The minimum atomic E-state index is -3.80. The number of unbranched alkanes of at least 4 members (excludes halogenated alkanes) is 1. The van der Waals surface area contributed by atoms with E-state index in [0.29, 0.717) is 18.9 Å². The van der Waals surface area contributed by atoms with E-state index < -0.39 is 26.7 Å². The number of carbonyl (C=O) groups is 3. The molecule has 0 spiro atoms. The van der Waals surface area contributed by atoms with Gasteiger partial charge in [0.05, 0.1) is 12.7 Å². The summed E-state index contributed by atoms with van der Waals surface area (Å²) in [4.78, 5) is 34.5. The summed E-state index contributed by atoms with van der Waals surface area (Å²) < 4.78 is 21.4. The maximum absolute atomic E-state index is 11.5. The van der Waals surface area contributed by atoms with Gasteiger partial charge in [0.2, 0.25) is 0 Å². The summed E-state index contributed by atoms with van der Waals surface area (Å²) in [5, 5.41) is 0. The Balaban J connectivity index is 1.84. The Kier molecular flexibility index (Phi) is 10.9. The zero-order valence-corrected chi connectivity index (χ0v) is 21.4. The highest BCUT2D eigenvalue weighted by Gasteiger charge is 2.51. The van der Waals surface area contributed by atoms with Crippen LogP contribution in [-0.2, 0) is 27.7 Å². The van der Waals surface area contributed by atoms with Crippen molar-refractivity contribution in [1.29, 1.82) is 0 Å². The molecule has 0 heterocycles. The third-order valence-electron chi connectivity index (χ3n) is 5.96. The molecule has 0 saturated heterocycles. The van der Waals surface area contributed by atoms with Gasteiger partial charge in [0.15, 0.2) is 0 Å². The molecule has 8 heteroatoms. The van der Waals surface area contributed by atoms with E-state index in [-0.39, 0.29) is 6.04 Å². The van der Waals surface area contributed by atoms with E-state index in [0.717, 1.165) is 11.7 Å². The van der Waals surface area contributed by atoms with Crippen LogP contribution in [0.1, 0.15) is 90.5 Å². The monoisotopic (exact) mass is 478 g/mol. The molecule has 184 valence electrons. The van der Waals surface area contributed by atoms with Crippen LogP contribution in [0.3, 0.4) is 0 Å². The van der Waals surface area contributed by atoms with Crippen LogP contribution in [0.5, 0.6) is 5.75 Å². The molecule has 1 aromatic rings. The zero-order chi connectivity index (χ0) is 24.3. The molecular formula is C25H38O7Si. The predicted octanol–water partition coefficient (Wildman–Crippen LogP) is 5.55. The maximum atomic E-state index is 11.5. The molecule has 1 aromatic carbocycles. The number of hydrogen-bond donors (Lipinski definition) is 0. The van der Waals surface area contributed by atoms with Crippen molar-refractivity contribution in [1.82, 2.24) is 0 Å². The van der Waals surface area contributed by atoms with Gasteiger partial charge >= 0.3 is 8.80 Å². The lowest BCUT2D eigenvalue weighted by Crippen LogP contribution is -2.49. The molecule has 0 radical (unpaired) electrons. The van der Waals surface area contributed by atoms with E-state index >= 15 is 0 Å². The second-order valence-corrected chi connectivity index (χ2v) is 11.3. The normalized spacial score (nSPS) is 18.3. The maximum Gasteiger partial charge on any atom is 0.705 e. The van der Waals surface area contributed by atoms with E-state index in [1.54, 1.807) is 0 Å². The topological polar surface area (TPSA) is 88.1 Å². The van der Waals surface area contributed by atoms with Gasteiger partial charge in [-0.1, -0.05) is 38.3 Å². The highest BCUT2D eigenvalue weighted by atomic mass is 28.4. The standard InChI is InChI=1S/C25H38O7Si/c1-5-6-8-22-9-11-23(12-10-22)24-13-15-25(16-14-24)29-17-7-18-33(30-19(2)26,31-20(3)27)32-21(4)28/h13-16,22-23H,5-12,17-18H2,1-4H3. The van der Waals surface area contributed by atoms with Crippen molar-refractivity contribution >= 4 is 26.7 Å². The highest BCUT2D eigenvalue weighted by molar-refractivity contribution is 6.65. The Morgan fingerprint density at radius 1 is 0.848 bits per heavy atom. The number of ether oxygens (including phenoxy) is 1. The van der Waals surface area contributed by atoms with Crippen molar-refractivity contribution in [2.24, 2.45) is 5.92 Å². The van der Waals surface area contributed by atoms with Gasteiger partial charge < -0.3 is 18.0 Å². The molecule has 0 N–H and O–H groups in total. The van der Waals surface area contributed by atoms with Gasteiger partial charge in [0, 0.05) is 20.8 Å². The summed E-state index contributed by atoms with van der Waals surface area (Å²) in [6, 6.07) is 8.34. The predicted molar refractivity (Wildman–Crippen MR) is 127 cm³/mol. The lowest BCUT2D eigenvalue weighted by atomic mass is 9.77. The second-order valence-electron chi connectivity index (χ2n) is 8.84. The van der Waals surface area contributed by atoms with Gasteiger partial charge in [-0.15, -0.1) is 0 Å². The van der Waals surface area contributed by atoms with Crippen molar-refractivity contribution in [2.45, 2.75) is 91.0 Å². The third kappa shape index (κ3) is 9.58. The van der Waals surface area contributed by atoms with E-state index in [9.17, 15) is 14.4 Å². The first-order valence-corrected chi connectivity index (χ1v) is 14.0. The average Bonchev–Trinajstić information content (AvgIpc) is 2.74. The van der Waals surface area contributed by atoms with Gasteiger partial charge in [0.25, 0.3) is 17.9 Å².